The Morgan fingerprint density at radius 2 is 1.86 bits per heavy atom. The van der Waals surface area contributed by atoms with Crippen molar-refractivity contribution in [3.63, 3.8) is 0 Å². The van der Waals surface area contributed by atoms with Crippen LogP contribution in [0.1, 0.15) is 11.1 Å². The third-order valence-corrected chi connectivity index (χ3v) is 8.20. The molecule has 0 radical (unpaired) electrons. The maximum Gasteiger partial charge on any atom is 0.512 e. The standard InChI is InChI=1S/C24H19NO8S2/c1-30-16-5-4-6-17(12-16)34-22-18-7-2-3-8-21(18)35(28,29)25(23(22)33-24(26)27)13-15-9-10-19-20(11-15)32-14-31-19/h2-12H,13-14H2,1H3,(H,26,27). The minimum absolute atomic E-state index is 0.0453. The molecule has 11 heteroatoms. The molecule has 0 saturated carbocycles. The average Bonchev–Trinajstić information content (AvgIpc) is 3.32. The van der Waals surface area contributed by atoms with E-state index >= 15 is 0 Å². The van der Waals surface area contributed by atoms with Gasteiger partial charge in [0.15, 0.2) is 11.5 Å². The summed E-state index contributed by atoms with van der Waals surface area (Å²) in [6, 6.07) is 18.6. The molecule has 5 rings (SSSR count). The second-order valence-electron chi connectivity index (χ2n) is 7.48. The Hall–Kier alpha value is -3.83. The van der Waals surface area contributed by atoms with E-state index in [1.807, 2.05) is 6.07 Å². The fraction of sp³-hybridized carbons (Fsp3) is 0.125. The van der Waals surface area contributed by atoms with Crippen LogP contribution in [0.15, 0.2) is 82.4 Å². The number of fused-ring (bicyclic) bond motifs is 2. The van der Waals surface area contributed by atoms with Gasteiger partial charge in [-0.25, -0.2) is 17.5 Å². The van der Waals surface area contributed by atoms with E-state index in [1.54, 1.807) is 54.6 Å². The van der Waals surface area contributed by atoms with Crippen molar-refractivity contribution in [1.82, 2.24) is 4.31 Å². The Morgan fingerprint density at radius 3 is 2.66 bits per heavy atom. The zero-order valence-corrected chi connectivity index (χ0v) is 20.0. The molecule has 3 aromatic carbocycles. The Labute approximate surface area is 205 Å². The number of hydrogen-bond donors (Lipinski definition) is 1. The second kappa shape index (κ2) is 9.08. The summed E-state index contributed by atoms with van der Waals surface area (Å²) in [5, 5.41) is 9.52. The normalized spacial score (nSPS) is 15.5. The number of carboxylic acid groups (broad SMARTS) is 1. The van der Waals surface area contributed by atoms with Crippen LogP contribution < -0.4 is 14.2 Å². The summed E-state index contributed by atoms with van der Waals surface area (Å²) >= 11 is 1.18. The lowest BCUT2D eigenvalue weighted by molar-refractivity contribution is 0.101. The predicted octanol–water partition coefficient (Wildman–Crippen LogP) is 4.74. The van der Waals surface area contributed by atoms with Gasteiger partial charge in [0.2, 0.25) is 12.7 Å². The maximum absolute atomic E-state index is 13.7. The van der Waals surface area contributed by atoms with Crippen molar-refractivity contribution in [2.24, 2.45) is 0 Å². The van der Waals surface area contributed by atoms with Gasteiger partial charge < -0.3 is 24.1 Å². The smallest absolute Gasteiger partial charge is 0.497 e. The van der Waals surface area contributed by atoms with E-state index in [4.69, 9.17) is 18.9 Å². The van der Waals surface area contributed by atoms with Gasteiger partial charge in [-0.15, -0.1) is 0 Å². The highest BCUT2D eigenvalue weighted by atomic mass is 32.2. The molecule has 2 aliphatic heterocycles. The SMILES string of the molecule is COc1cccc(SC2=C(OC(=O)O)N(Cc3ccc4c(c3)OCO4)S(=O)(=O)c3ccccc32)c1. The molecular formula is C24H19NO8S2. The number of nitrogens with zero attached hydrogens (tertiary/aromatic N) is 1. The number of rotatable bonds is 6. The molecule has 180 valence electrons. The highest BCUT2D eigenvalue weighted by Gasteiger charge is 2.39. The Kier molecular flexibility index (Phi) is 5.95. The Morgan fingerprint density at radius 1 is 1.06 bits per heavy atom. The molecule has 0 amide bonds. The second-order valence-corrected chi connectivity index (χ2v) is 10.4. The van der Waals surface area contributed by atoms with Crippen LogP contribution >= 0.6 is 11.8 Å². The molecule has 0 saturated heterocycles. The van der Waals surface area contributed by atoms with Gasteiger partial charge in [0.25, 0.3) is 10.0 Å². The predicted molar refractivity (Wildman–Crippen MR) is 127 cm³/mol. The molecule has 3 aromatic rings. The van der Waals surface area contributed by atoms with Gasteiger partial charge in [0.1, 0.15) is 5.75 Å². The first-order chi connectivity index (χ1) is 16.9. The number of methoxy groups -OCH3 is 1. The number of benzene rings is 3. The van der Waals surface area contributed by atoms with Crippen molar-refractivity contribution in [2.45, 2.75) is 16.3 Å². The first-order valence-corrected chi connectivity index (χ1v) is 12.6. The molecule has 35 heavy (non-hydrogen) atoms. The monoisotopic (exact) mass is 513 g/mol. The van der Waals surface area contributed by atoms with Crippen molar-refractivity contribution < 1.29 is 37.3 Å². The summed E-state index contributed by atoms with van der Waals surface area (Å²) in [5.74, 6) is 1.33. The fourth-order valence-electron chi connectivity index (χ4n) is 3.76. The third-order valence-electron chi connectivity index (χ3n) is 5.33. The molecule has 0 fully saturated rings. The summed E-state index contributed by atoms with van der Waals surface area (Å²) in [6.07, 6.45) is -1.63. The van der Waals surface area contributed by atoms with Gasteiger partial charge >= 0.3 is 6.16 Å². The van der Waals surface area contributed by atoms with E-state index < -0.39 is 16.2 Å². The Bertz CT molecular complexity index is 1450. The lowest BCUT2D eigenvalue weighted by atomic mass is 10.2. The van der Waals surface area contributed by atoms with E-state index in [9.17, 15) is 18.3 Å². The zero-order chi connectivity index (χ0) is 24.6. The number of thioether (sulfide) groups is 1. The van der Waals surface area contributed by atoms with E-state index in [1.165, 1.54) is 24.9 Å². The van der Waals surface area contributed by atoms with Crippen molar-refractivity contribution in [3.8, 4) is 17.2 Å². The van der Waals surface area contributed by atoms with Crippen LogP contribution in [0.4, 0.5) is 4.79 Å². The number of sulfonamides is 1. The molecule has 0 aromatic heterocycles. The van der Waals surface area contributed by atoms with Crippen LogP contribution in [0.2, 0.25) is 0 Å². The van der Waals surface area contributed by atoms with Gasteiger partial charge in [-0.1, -0.05) is 42.1 Å². The number of carbonyl (C=O) groups is 1. The van der Waals surface area contributed by atoms with Crippen molar-refractivity contribution in [3.05, 3.63) is 83.7 Å². The van der Waals surface area contributed by atoms with Crippen LogP contribution in [-0.2, 0) is 21.3 Å². The minimum Gasteiger partial charge on any atom is -0.497 e. The molecule has 2 heterocycles. The lowest BCUT2D eigenvalue weighted by Gasteiger charge is -2.32. The van der Waals surface area contributed by atoms with Gasteiger partial charge in [-0.05, 0) is 42.0 Å². The molecule has 2 aliphatic rings. The van der Waals surface area contributed by atoms with Crippen LogP contribution in [0, 0.1) is 0 Å². The topological polar surface area (TPSA) is 112 Å². The number of hydrogen-bond acceptors (Lipinski definition) is 8. The molecule has 0 unspecified atom stereocenters. The van der Waals surface area contributed by atoms with Gasteiger partial charge in [-0.2, -0.15) is 0 Å². The largest absolute Gasteiger partial charge is 0.512 e. The van der Waals surface area contributed by atoms with Gasteiger partial charge in [0.05, 0.1) is 23.5 Å². The Balaban J connectivity index is 1.66. The first kappa shape index (κ1) is 22.9. The maximum atomic E-state index is 13.7. The van der Waals surface area contributed by atoms with Crippen LogP contribution in [-0.4, -0.2) is 37.9 Å². The summed E-state index contributed by atoms with van der Waals surface area (Å²) in [4.78, 5) is 12.8. The summed E-state index contributed by atoms with van der Waals surface area (Å²) in [7, 11) is -2.61. The molecule has 9 nitrogen and oxygen atoms in total. The van der Waals surface area contributed by atoms with Crippen LogP contribution in [0.3, 0.4) is 0 Å². The molecule has 0 aliphatic carbocycles. The van der Waals surface area contributed by atoms with Gasteiger partial charge in [-0.3, -0.25) is 0 Å². The van der Waals surface area contributed by atoms with Crippen molar-refractivity contribution in [2.75, 3.05) is 13.9 Å². The van der Waals surface area contributed by atoms with Crippen LogP contribution in [0.25, 0.3) is 4.91 Å². The minimum atomic E-state index is -4.15. The first-order valence-electron chi connectivity index (χ1n) is 10.3. The van der Waals surface area contributed by atoms with E-state index in [0.717, 1.165) is 4.31 Å². The van der Waals surface area contributed by atoms with E-state index in [0.29, 0.717) is 38.2 Å². The fourth-order valence-corrected chi connectivity index (χ4v) is 6.57. The number of ether oxygens (including phenoxy) is 4. The average molecular weight is 514 g/mol. The zero-order valence-electron chi connectivity index (χ0n) is 18.3. The molecule has 0 bridgehead atoms. The van der Waals surface area contributed by atoms with Crippen molar-refractivity contribution in [1.29, 1.82) is 0 Å². The quantitative estimate of drug-likeness (QED) is 0.467. The van der Waals surface area contributed by atoms with Crippen LogP contribution in [0.5, 0.6) is 17.2 Å². The summed E-state index contributed by atoms with van der Waals surface area (Å²) in [5.41, 5.74) is 0.910. The van der Waals surface area contributed by atoms with E-state index in [2.05, 4.69) is 0 Å². The van der Waals surface area contributed by atoms with E-state index in [-0.39, 0.29) is 24.1 Å². The highest BCUT2D eigenvalue weighted by molar-refractivity contribution is 8.08. The summed E-state index contributed by atoms with van der Waals surface area (Å²) in [6.45, 7) is -0.110. The van der Waals surface area contributed by atoms with Crippen molar-refractivity contribution >= 4 is 32.8 Å². The molecule has 0 atom stereocenters. The van der Waals surface area contributed by atoms with Gasteiger partial charge in [0, 0.05) is 10.5 Å². The molecule has 1 N–H and O–H groups in total. The third kappa shape index (κ3) is 4.35. The summed E-state index contributed by atoms with van der Waals surface area (Å²) < 4.78 is 49.5. The lowest BCUT2D eigenvalue weighted by Crippen LogP contribution is -2.35. The molecule has 0 spiro atoms. The molecular weight excluding hydrogens is 494 g/mol. The highest BCUT2D eigenvalue weighted by Crippen LogP contribution is 2.47.